The van der Waals surface area contributed by atoms with Crippen molar-refractivity contribution in [2.75, 3.05) is 11.0 Å². The Kier molecular flexibility index (Phi) is 6.02. The lowest BCUT2D eigenvalue weighted by atomic mass is 10.1. The van der Waals surface area contributed by atoms with Gasteiger partial charge < -0.3 is 5.32 Å². The molecule has 134 valence electrons. The topological polar surface area (TPSA) is 75.3 Å². The predicted octanol–water partition coefficient (Wildman–Crippen LogP) is 3.27. The lowest BCUT2D eigenvalue weighted by molar-refractivity contribution is -0.121. The molecule has 8 heteroatoms. The summed E-state index contributed by atoms with van der Waals surface area (Å²) >= 11 is 5.92. The second-order valence-corrected chi connectivity index (χ2v) is 7.82. The van der Waals surface area contributed by atoms with Crippen molar-refractivity contribution < 1.29 is 17.6 Å². The number of rotatable bonds is 6. The van der Waals surface area contributed by atoms with Gasteiger partial charge in [-0.3, -0.25) is 9.52 Å². The van der Waals surface area contributed by atoms with Crippen molar-refractivity contribution in [1.29, 1.82) is 0 Å². The van der Waals surface area contributed by atoms with Crippen LogP contribution in [0.3, 0.4) is 0 Å². The quantitative estimate of drug-likeness (QED) is 0.802. The highest BCUT2D eigenvalue weighted by molar-refractivity contribution is 7.92. The van der Waals surface area contributed by atoms with Crippen LogP contribution in [0.5, 0.6) is 0 Å². The molecule has 25 heavy (non-hydrogen) atoms. The first-order chi connectivity index (χ1) is 11.7. The molecule has 2 aromatic rings. The molecule has 0 saturated heterocycles. The van der Waals surface area contributed by atoms with Gasteiger partial charge in [-0.1, -0.05) is 29.8 Å². The van der Waals surface area contributed by atoms with Gasteiger partial charge in [-0.2, -0.15) is 0 Å². The van der Waals surface area contributed by atoms with Gasteiger partial charge in [0, 0.05) is 16.3 Å². The van der Waals surface area contributed by atoms with E-state index in [1.165, 1.54) is 18.2 Å². The monoisotopic (exact) mass is 384 g/mol. The molecule has 0 aliphatic heterocycles. The molecular weight excluding hydrogens is 367 g/mol. The first-order valence-electron chi connectivity index (χ1n) is 7.45. The summed E-state index contributed by atoms with van der Waals surface area (Å²) in [7, 11) is -3.39. The van der Waals surface area contributed by atoms with E-state index in [-0.39, 0.29) is 29.0 Å². The van der Waals surface area contributed by atoms with Crippen LogP contribution in [0, 0.1) is 5.82 Å². The van der Waals surface area contributed by atoms with Crippen molar-refractivity contribution in [1.82, 2.24) is 5.32 Å². The van der Waals surface area contributed by atoms with Crippen LogP contribution in [-0.2, 0) is 21.2 Å². The van der Waals surface area contributed by atoms with E-state index in [0.29, 0.717) is 11.3 Å². The zero-order valence-electron chi connectivity index (χ0n) is 13.7. The Hall–Kier alpha value is -2.12. The Morgan fingerprint density at radius 1 is 1.24 bits per heavy atom. The highest BCUT2D eigenvalue weighted by Crippen LogP contribution is 2.21. The Balaban J connectivity index is 2.08. The molecule has 2 aromatic carbocycles. The molecule has 0 aliphatic rings. The second-order valence-electron chi connectivity index (χ2n) is 5.67. The van der Waals surface area contributed by atoms with Crippen LogP contribution in [0.25, 0.3) is 0 Å². The Bertz CT molecular complexity index is 867. The summed E-state index contributed by atoms with van der Waals surface area (Å²) < 4.78 is 38.7. The molecule has 0 fully saturated rings. The number of hydrogen-bond acceptors (Lipinski definition) is 3. The summed E-state index contributed by atoms with van der Waals surface area (Å²) in [5, 5.41) is 2.94. The van der Waals surface area contributed by atoms with E-state index in [1.807, 2.05) is 0 Å². The maximum atomic E-state index is 13.8. The van der Waals surface area contributed by atoms with E-state index in [0.717, 1.165) is 6.26 Å². The first-order valence-corrected chi connectivity index (χ1v) is 9.72. The Morgan fingerprint density at radius 3 is 2.56 bits per heavy atom. The first kappa shape index (κ1) is 19.2. The molecule has 0 aliphatic carbocycles. The average Bonchev–Trinajstić information content (AvgIpc) is 2.49. The fourth-order valence-electron chi connectivity index (χ4n) is 2.32. The number of carbonyl (C=O) groups is 1. The number of benzene rings is 2. The van der Waals surface area contributed by atoms with Crippen LogP contribution in [0.15, 0.2) is 42.5 Å². The summed E-state index contributed by atoms with van der Waals surface area (Å²) in [5.74, 6) is -0.921. The summed E-state index contributed by atoms with van der Waals surface area (Å²) in [4.78, 5) is 12.2. The minimum Gasteiger partial charge on any atom is -0.349 e. The summed E-state index contributed by atoms with van der Waals surface area (Å²) in [6, 6.07) is 10.5. The van der Waals surface area contributed by atoms with E-state index in [1.54, 1.807) is 31.2 Å². The fourth-order valence-corrected chi connectivity index (χ4v) is 3.11. The molecule has 0 unspecified atom stereocenters. The predicted molar refractivity (Wildman–Crippen MR) is 96.6 cm³/mol. The third-order valence-electron chi connectivity index (χ3n) is 3.47. The van der Waals surface area contributed by atoms with E-state index >= 15 is 0 Å². The number of hydrogen-bond donors (Lipinski definition) is 2. The molecule has 5 nitrogen and oxygen atoms in total. The second kappa shape index (κ2) is 7.84. The van der Waals surface area contributed by atoms with Crippen LogP contribution < -0.4 is 10.0 Å². The summed E-state index contributed by atoms with van der Waals surface area (Å²) in [6.07, 6.45) is 0.875. The zero-order valence-corrected chi connectivity index (χ0v) is 15.3. The normalized spacial score (nSPS) is 12.5. The molecule has 0 radical (unpaired) electrons. The molecule has 1 atom stereocenters. The van der Waals surface area contributed by atoms with Gasteiger partial charge in [-0.15, -0.1) is 0 Å². The molecular formula is C17H18ClFN2O3S. The number of carbonyl (C=O) groups excluding carboxylic acids is 1. The van der Waals surface area contributed by atoms with Gasteiger partial charge in [0.1, 0.15) is 5.82 Å². The lowest BCUT2D eigenvalue weighted by Crippen LogP contribution is -2.28. The molecule has 0 heterocycles. The van der Waals surface area contributed by atoms with Crippen LogP contribution in [0.4, 0.5) is 10.1 Å². The molecule has 2 N–H and O–H groups in total. The maximum absolute atomic E-state index is 13.8. The number of amides is 1. The number of sulfonamides is 1. The molecule has 0 saturated carbocycles. The molecule has 0 spiro atoms. The van der Waals surface area contributed by atoms with E-state index in [4.69, 9.17) is 11.6 Å². The van der Waals surface area contributed by atoms with Crippen LogP contribution in [-0.4, -0.2) is 20.6 Å². The van der Waals surface area contributed by atoms with Crippen molar-refractivity contribution >= 4 is 33.2 Å². The smallest absolute Gasteiger partial charge is 0.229 e. The van der Waals surface area contributed by atoms with Gasteiger partial charge >= 0.3 is 0 Å². The van der Waals surface area contributed by atoms with E-state index < -0.39 is 15.8 Å². The minimum absolute atomic E-state index is 0.140. The summed E-state index contributed by atoms with van der Waals surface area (Å²) in [5.41, 5.74) is 1.25. The fraction of sp³-hybridized carbons (Fsp3) is 0.235. The van der Waals surface area contributed by atoms with Gasteiger partial charge in [0.15, 0.2) is 0 Å². The van der Waals surface area contributed by atoms with Gasteiger partial charge in [-0.05, 0) is 36.8 Å². The van der Waals surface area contributed by atoms with Crippen molar-refractivity contribution in [2.24, 2.45) is 0 Å². The summed E-state index contributed by atoms with van der Waals surface area (Å²) in [6.45, 7) is 1.75. The van der Waals surface area contributed by atoms with Crippen molar-refractivity contribution in [3.63, 3.8) is 0 Å². The van der Waals surface area contributed by atoms with E-state index in [2.05, 4.69) is 10.0 Å². The van der Waals surface area contributed by atoms with Crippen LogP contribution in [0.2, 0.25) is 5.02 Å². The van der Waals surface area contributed by atoms with Crippen molar-refractivity contribution in [3.05, 3.63) is 64.4 Å². The Labute approximate surface area is 151 Å². The third kappa shape index (κ3) is 5.72. The molecule has 1 amide bonds. The van der Waals surface area contributed by atoms with Crippen molar-refractivity contribution in [3.8, 4) is 0 Å². The third-order valence-corrected chi connectivity index (χ3v) is 4.43. The zero-order chi connectivity index (χ0) is 18.6. The lowest BCUT2D eigenvalue weighted by Gasteiger charge is -2.16. The molecule has 0 aromatic heterocycles. The highest BCUT2D eigenvalue weighted by atomic mass is 35.5. The average molecular weight is 385 g/mol. The number of halogens is 2. The number of nitrogens with one attached hydrogen (secondary N) is 2. The van der Waals surface area contributed by atoms with Gasteiger partial charge in [0.25, 0.3) is 0 Å². The number of anilines is 1. The molecule has 0 bridgehead atoms. The van der Waals surface area contributed by atoms with Crippen LogP contribution >= 0.6 is 11.6 Å². The van der Waals surface area contributed by atoms with Gasteiger partial charge in [0.2, 0.25) is 15.9 Å². The minimum atomic E-state index is -3.39. The van der Waals surface area contributed by atoms with E-state index in [9.17, 15) is 17.6 Å². The van der Waals surface area contributed by atoms with Crippen LogP contribution in [0.1, 0.15) is 24.1 Å². The molecule has 2 rings (SSSR count). The standard InChI is InChI=1S/C17H18ClFN2O3S/c1-11(12-5-3-6-13(9-12)21-25(2,23)24)20-17(22)10-14-15(18)7-4-8-16(14)19/h3-9,11,21H,10H2,1-2H3,(H,20,22)/t11-/m0/s1. The van der Waals surface area contributed by atoms with Gasteiger partial charge in [0.05, 0.1) is 18.7 Å². The van der Waals surface area contributed by atoms with Gasteiger partial charge in [-0.25, -0.2) is 12.8 Å². The Morgan fingerprint density at radius 2 is 1.92 bits per heavy atom. The SMILES string of the molecule is C[C@H](NC(=O)Cc1c(F)cccc1Cl)c1cccc(NS(C)(=O)=O)c1. The highest BCUT2D eigenvalue weighted by Gasteiger charge is 2.15. The maximum Gasteiger partial charge on any atom is 0.229 e. The van der Waals surface area contributed by atoms with Crippen molar-refractivity contribution in [2.45, 2.75) is 19.4 Å². The largest absolute Gasteiger partial charge is 0.349 e.